The van der Waals surface area contributed by atoms with Crippen LogP contribution in [-0.2, 0) is 22.4 Å². The summed E-state index contributed by atoms with van der Waals surface area (Å²) in [7, 11) is 1.64. The second-order valence-electron chi connectivity index (χ2n) is 7.42. The largest absolute Gasteiger partial charge is 0.452 e. The van der Waals surface area contributed by atoms with Crippen molar-refractivity contribution in [3.8, 4) is 6.07 Å². The van der Waals surface area contributed by atoms with Crippen molar-refractivity contribution < 1.29 is 14.3 Å². The molecule has 2 aliphatic carbocycles. The SMILES string of the molecule is CN(C(=O)COC(=O)c1ccc2c(c1)CCCC2)C1(C#N)CCCCC1. The number of nitrogens with zero attached hydrogens (tertiary/aromatic N) is 2. The molecule has 0 saturated heterocycles. The Bertz CT molecular complexity index is 729. The Morgan fingerprint density at radius 3 is 2.50 bits per heavy atom. The lowest BCUT2D eigenvalue weighted by Crippen LogP contribution is -2.51. The van der Waals surface area contributed by atoms with Crippen molar-refractivity contribution in [3.05, 3.63) is 34.9 Å². The van der Waals surface area contributed by atoms with E-state index >= 15 is 0 Å². The predicted molar refractivity (Wildman–Crippen MR) is 97.6 cm³/mol. The van der Waals surface area contributed by atoms with Gasteiger partial charge in [0.05, 0.1) is 11.6 Å². The molecule has 0 aromatic heterocycles. The predicted octanol–water partition coefficient (Wildman–Crippen LogP) is 3.41. The lowest BCUT2D eigenvalue weighted by Gasteiger charge is -2.38. The summed E-state index contributed by atoms with van der Waals surface area (Å²) in [4.78, 5) is 26.3. The first-order valence-corrected chi connectivity index (χ1v) is 9.52. The van der Waals surface area contributed by atoms with Crippen molar-refractivity contribution in [2.45, 2.75) is 63.3 Å². The van der Waals surface area contributed by atoms with Crippen molar-refractivity contribution in [1.82, 2.24) is 4.90 Å². The number of rotatable bonds is 4. The van der Waals surface area contributed by atoms with Crippen LogP contribution in [0, 0.1) is 11.3 Å². The second-order valence-corrected chi connectivity index (χ2v) is 7.42. The van der Waals surface area contributed by atoms with Gasteiger partial charge in [-0.1, -0.05) is 25.3 Å². The zero-order chi connectivity index (χ0) is 18.6. The van der Waals surface area contributed by atoms with Crippen molar-refractivity contribution in [1.29, 1.82) is 5.26 Å². The van der Waals surface area contributed by atoms with Gasteiger partial charge in [-0.05, 0) is 61.8 Å². The zero-order valence-corrected chi connectivity index (χ0v) is 15.4. The first kappa shape index (κ1) is 18.4. The van der Waals surface area contributed by atoms with E-state index < -0.39 is 11.5 Å². The van der Waals surface area contributed by atoms with Crippen LogP contribution in [0.1, 0.15) is 66.4 Å². The number of hydrogen-bond donors (Lipinski definition) is 0. The van der Waals surface area contributed by atoms with E-state index in [1.807, 2.05) is 12.1 Å². The molecule has 0 aliphatic heterocycles. The topological polar surface area (TPSA) is 70.4 Å². The number of amides is 1. The first-order valence-electron chi connectivity index (χ1n) is 9.52. The van der Waals surface area contributed by atoms with Crippen molar-refractivity contribution in [3.63, 3.8) is 0 Å². The number of aryl methyl sites for hydroxylation is 2. The van der Waals surface area contributed by atoms with Gasteiger partial charge in [0.2, 0.25) is 0 Å². The minimum atomic E-state index is -0.756. The van der Waals surface area contributed by atoms with Gasteiger partial charge in [-0.2, -0.15) is 5.26 Å². The number of hydrogen-bond acceptors (Lipinski definition) is 4. The summed E-state index contributed by atoms with van der Waals surface area (Å²) in [5.74, 6) is -0.797. The van der Waals surface area contributed by atoms with E-state index in [9.17, 15) is 14.9 Å². The highest BCUT2D eigenvalue weighted by Gasteiger charge is 2.39. The molecular formula is C21H26N2O3. The van der Waals surface area contributed by atoms with Gasteiger partial charge in [-0.15, -0.1) is 0 Å². The molecule has 0 heterocycles. The number of carbonyl (C=O) groups is 2. The summed E-state index contributed by atoms with van der Waals surface area (Å²) in [6.07, 6.45) is 8.74. The molecule has 0 spiro atoms. The summed E-state index contributed by atoms with van der Waals surface area (Å²) in [6.45, 7) is -0.324. The molecule has 5 nitrogen and oxygen atoms in total. The molecular weight excluding hydrogens is 328 g/mol. The van der Waals surface area contributed by atoms with E-state index in [1.165, 1.54) is 22.4 Å². The van der Waals surface area contributed by atoms with Crippen LogP contribution >= 0.6 is 0 Å². The van der Waals surface area contributed by atoms with Gasteiger partial charge in [-0.25, -0.2) is 4.79 Å². The van der Waals surface area contributed by atoms with Crippen LogP contribution in [0.4, 0.5) is 0 Å². The van der Waals surface area contributed by atoms with Crippen LogP contribution in [-0.4, -0.2) is 36.0 Å². The zero-order valence-electron chi connectivity index (χ0n) is 15.4. The summed E-state index contributed by atoms with van der Waals surface area (Å²) in [6, 6.07) is 7.98. The maximum Gasteiger partial charge on any atom is 0.338 e. The molecule has 0 unspecified atom stereocenters. The Labute approximate surface area is 154 Å². The molecule has 1 aromatic carbocycles. The normalized spacial score (nSPS) is 18.3. The molecule has 0 radical (unpaired) electrons. The number of fused-ring (bicyclic) bond motifs is 1. The van der Waals surface area contributed by atoms with Crippen molar-refractivity contribution >= 4 is 11.9 Å². The third kappa shape index (κ3) is 3.75. The molecule has 1 aromatic rings. The molecule has 138 valence electrons. The van der Waals surface area contributed by atoms with Gasteiger partial charge >= 0.3 is 5.97 Å². The van der Waals surface area contributed by atoms with E-state index in [0.29, 0.717) is 18.4 Å². The monoisotopic (exact) mass is 354 g/mol. The Balaban J connectivity index is 1.60. The van der Waals surface area contributed by atoms with Crippen molar-refractivity contribution in [2.24, 2.45) is 0 Å². The molecule has 1 saturated carbocycles. The highest BCUT2D eigenvalue weighted by atomic mass is 16.5. The van der Waals surface area contributed by atoms with Gasteiger partial charge in [-0.3, -0.25) is 4.79 Å². The average Bonchev–Trinajstić information content (AvgIpc) is 2.71. The maximum atomic E-state index is 12.5. The maximum absolute atomic E-state index is 12.5. The molecule has 3 rings (SSSR count). The molecule has 26 heavy (non-hydrogen) atoms. The smallest absolute Gasteiger partial charge is 0.338 e. The van der Waals surface area contributed by atoms with Crippen molar-refractivity contribution in [2.75, 3.05) is 13.7 Å². The number of esters is 1. The minimum Gasteiger partial charge on any atom is -0.452 e. The Hall–Kier alpha value is -2.35. The Morgan fingerprint density at radius 1 is 1.12 bits per heavy atom. The van der Waals surface area contributed by atoms with E-state index in [4.69, 9.17) is 4.74 Å². The van der Waals surface area contributed by atoms with Gasteiger partial charge in [0.1, 0.15) is 5.54 Å². The van der Waals surface area contributed by atoms with Crippen LogP contribution in [0.5, 0.6) is 0 Å². The fourth-order valence-electron chi connectivity index (χ4n) is 4.07. The lowest BCUT2D eigenvalue weighted by molar-refractivity contribution is -0.138. The number of ether oxygens (including phenoxy) is 1. The summed E-state index contributed by atoms with van der Waals surface area (Å²) < 4.78 is 5.24. The Kier molecular flexibility index (Phi) is 5.61. The number of likely N-dealkylation sites (N-methyl/N-ethyl adjacent to an activating group) is 1. The molecule has 2 aliphatic rings. The Morgan fingerprint density at radius 2 is 1.81 bits per heavy atom. The van der Waals surface area contributed by atoms with E-state index in [1.54, 1.807) is 13.1 Å². The highest BCUT2D eigenvalue weighted by molar-refractivity contribution is 5.91. The van der Waals surface area contributed by atoms with E-state index in [0.717, 1.165) is 38.5 Å². The highest BCUT2D eigenvalue weighted by Crippen LogP contribution is 2.32. The fraction of sp³-hybridized carbons (Fsp3) is 0.571. The summed E-state index contributed by atoms with van der Waals surface area (Å²) in [5, 5.41) is 9.58. The van der Waals surface area contributed by atoms with E-state index in [2.05, 4.69) is 6.07 Å². The minimum absolute atomic E-state index is 0.320. The second kappa shape index (κ2) is 7.90. The third-order valence-corrected chi connectivity index (χ3v) is 5.82. The average molecular weight is 354 g/mol. The van der Waals surface area contributed by atoms with Gasteiger partial charge in [0.15, 0.2) is 6.61 Å². The number of nitriles is 1. The third-order valence-electron chi connectivity index (χ3n) is 5.82. The van der Waals surface area contributed by atoms with Crippen LogP contribution in [0.2, 0.25) is 0 Å². The number of benzene rings is 1. The van der Waals surface area contributed by atoms with Gasteiger partial charge < -0.3 is 9.64 Å². The standard InChI is InChI=1S/C21H26N2O3/c1-23(21(15-22)11-5-2-6-12-21)19(24)14-26-20(25)18-10-9-16-7-3-4-8-17(16)13-18/h9-10,13H,2-8,11-12,14H2,1H3. The summed E-state index contributed by atoms with van der Waals surface area (Å²) in [5.41, 5.74) is 2.25. The van der Waals surface area contributed by atoms with Gasteiger partial charge in [0.25, 0.3) is 5.91 Å². The number of carbonyl (C=O) groups excluding carboxylic acids is 2. The van der Waals surface area contributed by atoms with Crippen LogP contribution in [0.25, 0.3) is 0 Å². The molecule has 1 fully saturated rings. The molecule has 0 bridgehead atoms. The molecule has 1 amide bonds. The van der Waals surface area contributed by atoms with Gasteiger partial charge in [0, 0.05) is 7.05 Å². The fourth-order valence-corrected chi connectivity index (χ4v) is 4.07. The van der Waals surface area contributed by atoms with Crippen LogP contribution in [0.3, 0.4) is 0 Å². The lowest BCUT2D eigenvalue weighted by atomic mass is 9.81. The van der Waals surface area contributed by atoms with Crippen LogP contribution in [0.15, 0.2) is 18.2 Å². The molecule has 0 N–H and O–H groups in total. The summed E-state index contributed by atoms with van der Waals surface area (Å²) >= 11 is 0. The molecule has 5 heteroatoms. The quantitative estimate of drug-likeness (QED) is 0.777. The van der Waals surface area contributed by atoms with E-state index in [-0.39, 0.29) is 12.5 Å². The first-order chi connectivity index (χ1) is 12.6. The van der Waals surface area contributed by atoms with Crippen LogP contribution < -0.4 is 0 Å². The molecule has 0 atom stereocenters.